The lowest BCUT2D eigenvalue weighted by molar-refractivity contribution is -0.156. The second-order valence-electron chi connectivity index (χ2n) is 4.71. The molecule has 0 aliphatic rings. The first-order valence-corrected chi connectivity index (χ1v) is 7.38. The summed E-state index contributed by atoms with van der Waals surface area (Å²) in [6.45, 7) is 7.12. The van der Waals surface area contributed by atoms with Crippen LogP contribution in [-0.4, -0.2) is 31.8 Å². The Kier molecular flexibility index (Phi) is 6.48. The summed E-state index contributed by atoms with van der Waals surface area (Å²) in [5.74, 6) is -0.171. The van der Waals surface area contributed by atoms with Crippen molar-refractivity contribution in [1.82, 2.24) is 5.32 Å². The SMILES string of the molecule is CCOC(=O)C(COC)(NCc1cccs1)C(C)C. The highest BCUT2D eigenvalue weighted by atomic mass is 32.1. The van der Waals surface area contributed by atoms with E-state index < -0.39 is 5.54 Å². The van der Waals surface area contributed by atoms with Crippen molar-refractivity contribution in [2.45, 2.75) is 32.9 Å². The second-order valence-corrected chi connectivity index (χ2v) is 5.74. The molecule has 0 aliphatic heterocycles. The van der Waals surface area contributed by atoms with Gasteiger partial charge in [0, 0.05) is 18.5 Å². The van der Waals surface area contributed by atoms with Crippen LogP contribution in [0, 0.1) is 5.92 Å². The quantitative estimate of drug-likeness (QED) is 0.745. The van der Waals surface area contributed by atoms with Gasteiger partial charge in [0.25, 0.3) is 0 Å². The molecule has 1 N–H and O–H groups in total. The summed E-state index contributed by atoms with van der Waals surface area (Å²) in [5.41, 5.74) is -0.797. The van der Waals surface area contributed by atoms with Gasteiger partial charge in [-0.1, -0.05) is 19.9 Å². The van der Waals surface area contributed by atoms with Gasteiger partial charge in [-0.25, -0.2) is 4.79 Å². The average molecular weight is 285 g/mol. The molecule has 0 saturated heterocycles. The Hall–Kier alpha value is -0.910. The zero-order valence-electron chi connectivity index (χ0n) is 12.1. The topological polar surface area (TPSA) is 47.6 Å². The summed E-state index contributed by atoms with van der Waals surface area (Å²) in [6, 6.07) is 4.04. The molecule has 1 aromatic rings. The molecule has 1 heterocycles. The van der Waals surface area contributed by atoms with E-state index in [1.54, 1.807) is 18.4 Å². The second kappa shape index (κ2) is 7.62. The first-order valence-electron chi connectivity index (χ1n) is 6.50. The van der Waals surface area contributed by atoms with Crippen LogP contribution in [0.15, 0.2) is 17.5 Å². The Bertz CT molecular complexity index is 378. The van der Waals surface area contributed by atoms with Crippen molar-refractivity contribution >= 4 is 17.3 Å². The van der Waals surface area contributed by atoms with Crippen LogP contribution in [0.1, 0.15) is 25.6 Å². The molecule has 0 spiro atoms. The van der Waals surface area contributed by atoms with Gasteiger partial charge in [0.2, 0.25) is 0 Å². The van der Waals surface area contributed by atoms with Gasteiger partial charge in [-0.05, 0) is 24.3 Å². The maximum Gasteiger partial charge on any atom is 0.329 e. The Morgan fingerprint density at radius 1 is 1.53 bits per heavy atom. The minimum atomic E-state index is -0.797. The number of esters is 1. The van der Waals surface area contributed by atoms with E-state index in [4.69, 9.17) is 9.47 Å². The molecule has 0 radical (unpaired) electrons. The number of methoxy groups -OCH3 is 1. The van der Waals surface area contributed by atoms with E-state index in [0.29, 0.717) is 19.8 Å². The number of thiophene rings is 1. The van der Waals surface area contributed by atoms with Gasteiger partial charge in [0.1, 0.15) is 5.54 Å². The van der Waals surface area contributed by atoms with Gasteiger partial charge in [0.15, 0.2) is 0 Å². The zero-order chi connectivity index (χ0) is 14.3. The molecule has 0 saturated carbocycles. The van der Waals surface area contributed by atoms with Gasteiger partial charge in [0.05, 0.1) is 13.2 Å². The summed E-state index contributed by atoms with van der Waals surface area (Å²) < 4.78 is 10.5. The van der Waals surface area contributed by atoms with E-state index >= 15 is 0 Å². The zero-order valence-corrected chi connectivity index (χ0v) is 12.9. The highest BCUT2D eigenvalue weighted by molar-refractivity contribution is 7.09. The summed E-state index contributed by atoms with van der Waals surface area (Å²) in [5, 5.41) is 5.35. The molecule has 1 atom stereocenters. The van der Waals surface area contributed by atoms with Gasteiger partial charge in [-0.3, -0.25) is 5.32 Å². The van der Waals surface area contributed by atoms with Gasteiger partial charge < -0.3 is 9.47 Å². The molecule has 1 unspecified atom stereocenters. The summed E-state index contributed by atoms with van der Waals surface area (Å²) >= 11 is 1.66. The van der Waals surface area contributed by atoms with Crippen molar-refractivity contribution in [3.8, 4) is 0 Å². The van der Waals surface area contributed by atoms with Gasteiger partial charge in [-0.15, -0.1) is 11.3 Å². The number of hydrogen-bond donors (Lipinski definition) is 1. The molecule has 1 rings (SSSR count). The number of ether oxygens (including phenoxy) is 2. The third-order valence-corrected chi connectivity index (χ3v) is 4.03. The highest BCUT2D eigenvalue weighted by Crippen LogP contribution is 2.21. The Morgan fingerprint density at radius 3 is 2.74 bits per heavy atom. The lowest BCUT2D eigenvalue weighted by Crippen LogP contribution is -2.59. The fourth-order valence-corrected chi connectivity index (χ4v) is 2.58. The Morgan fingerprint density at radius 2 is 2.26 bits per heavy atom. The number of carbonyl (C=O) groups is 1. The molecule has 0 aliphatic carbocycles. The third kappa shape index (κ3) is 4.03. The van der Waals surface area contributed by atoms with E-state index in [1.807, 2.05) is 38.3 Å². The van der Waals surface area contributed by atoms with Crippen molar-refractivity contribution in [2.24, 2.45) is 5.92 Å². The van der Waals surface area contributed by atoms with E-state index in [-0.39, 0.29) is 11.9 Å². The molecule has 1 aromatic heterocycles. The predicted molar refractivity (Wildman–Crippen MR) is 77.2 cm³/mol. The smallest absolute Gasteiger partial charge is 0.329 e. The van der Waals surface area contributed by atoms with Crippen molar-refractivity contribution in [3.63, 3.8) is 0 Å². The van der Waals surface area contributed by atoms with Crippen molar-refractivity contribution in [1.29, 1.82) is 0 Å². The number of rotatable bonds is 8. The fraction of sp³-hybridized carbons (Fsp3) is 0.643. The molecular weight excluding hydrogens is 262 g/mol. The summed E-state index contributed by atoms with van der Waals surface area (Å²) in [4.78, 5) is 13.5. The lowest BCUT2D eigenvalue weighted by Gasteiger charge is -2.35. The van der Waals surface area contributed by atoms with Crippen molar-refractivity contribution in [2.75, 3.05) is 20.3 Å². The van der Waals surface area contributed by atoms with E-state index in [0.717, 1.165) is 0 Å². The lowest BCUT2D eigenvalue weighted by atomic mass is 9.87. The first kappa shape index (κ1) is 16.1. The monoisotopic (exact) mass is 285 g/mol. The van der Waals surface area contributed by atoms with Crippen molar-refractivity contribution in [3.05, 3.63) is 22.4 Å². The molecule has 0 aromatic carbocycles. The molecule has 0 bridgehead atoms. The van der Waals surface area contributed by atoms with Crippen molar-refractivity contribution < 1.29 is 14.3 Å². The van der Waals surface area contributed by atoms with Crippen LogP contribution < -0.4 is 5.32 Å². The number of nitrogens with one attached hydrogen (secondary N) is 1. The van der Waals surface area contributed by atoms with Gasteiger partial charge in [-0.2, -0.15) is 0 Å². The van der Waals surface area contributed by atoms with E-state index in [2.05, 4.69) is 5.32 Å². The molecule has 19 heavy (non-hydrogen) atoms. The number of hydrogen-bond acceptors (Lipinski definition) is 5. The molecule has 0 amide bonds. The third-order valence-electron chi connectivity index (χ3n) is 3.16. The molecule has 4 nitrogen and oxygen atoms in total. The van der Waals surface area contributed by atoms with Crippen LogP contribution in [0.5, 0.6) is 0 Å². The highest BCUT2D eigenvalue weighted by Gasteiger charge is 2.42. The van der Waals surface area contributed by atoms with Crippen LogP contribution in [0.2, 0.25) is 0 Å². The maximum atomic E-state index is 12.3. The van der Waals surface area contributed by atoms with Crippen LogP contribution in [0.4, 0.5) is 0 Å². The molecular formula is C14H23NO3S. The Labute approximate surface area is 119 Å². The minimum absolute atomic E-state index is 0.0754. The molecule has 5 heteroatoms. The first-order chi connectivity index (χ1) is 9.06. The predicted octanol–water partition coefficient (Wildman–Crippen LogP) is 2.44. The van der Waals surface area contributed by atoms with E-state index in [1.165, 1.54) is 4.88 Å². The fourth-order valence-electron chi connectivity index (χ4n) is 1.93. The summed E-state index contributed by atoms with van der Waals surface area (Å²) in [7, 11) is 1.60. The normalized spacial score (nSPS) is 14.4. The van der Waals surface area contributed by atoms with E-state index in [9.17, 15) is 4.79 Å². The largest absolute Gasteiger partial charge is 0.465 e. The van der Waals surface area contributed by atoms with Crippen LogP contribution in [-0.2, 0) is 20.8 Å². The maximum absolute atomic E-state index is 12.3. The van der Waals surface area contributed by atoms with Crippen LogP contribution in [0.25, 0.3) is 0 Å². The minimum Gasteiger partial charge on any atom is -0.465 e. The standard InChI is InChI=1S/C14H23NO3S/c1-5-18-13(16)14(10-17-4,11(2)3)15-9-12-7-6-8-19-12/h6-8,11,15H,5,9-10H2,1-4H3. The number of carbonyl (C=O) groups excluding carboxylic acids is 1. The van der Waals surface area contributed by atoms with Crippen LogP contribution in [0.3, 0.4) is 0 Å². The molecule has 0 fully saturated rings. The summed E-state index contributed by atoms with van der Waals surface area (Å²) in [6.07, 6.45) is 0. The Balaban J connectivity index is 2.85. The average Bonchev–Trinajstić information content (AvgIpc) is 2.87. The van der Waals surface area contributed by atoms with Gasteiger partial charge >= 0.3 is 5.97 Å². The van der Waals surface area contributed by atoms with Crippen LogP contribution >= 0.6 is 11.3 Å². The molecule has 108 valence electrons.